The highest BCUT2D eigenvalue weighted by molar-refractivity contribution is 6.00. The molecule has 15 heavy (non-hydrogen) atoms. The van der Waals surface area contributed by atoms with Crippen LogP contribution in [0, 0.1) is 0 Å². The molecule has 0 aliphatic rings. The van der Waals surface area contributed by atoms with E-state index in [-0.39, 0.29) is 11.6 Å². The van der Waals surface area contributed by atoms with Crippen molar-refractivity contribution in [2.75, 3.05) is 0 Å². The molecule has 1 unspecified atom stereocenters. The molecule has 0 bridgehead atoms. The number of ether oxygens (including phenoxy) is 1. The smallest absolute Gasteiger partial charge is 0.189 e. The SMILES string of the molecule is C=C(C)C(=O)C(C)(C)OC(C)C(=O)CC. The third kappa shape index (κ3) is 3.96. The van der Waals surface area contributed by atoms with Crippen molar-refractivity contribution in [3.63, 3.8) is 0 Å². The Hall–Kier alpha value is -0.960. The topological polar surface area (TPSA) is 43.4 Å². The Morgan fingerprint density at radius 3 is 2.20 bits per heavy atom. The molecule has 0 amide bonds. The van der Waals surface area contributed by atoms with Crippen molar-refractivity contribution in [3.8, 4) is 0 Å². The first kappa shape index (κ1) is 14.0. The second kappa shape index (κ2) is 5.21. The van der Waals surface area contributed by atoms with E-state index < -0.39 is 11.7 Å². The van der Waals surface area contributed by atoms with E-state index in [1.54, 1.807) is 34.6 Å². The Bertz CT molecular complexity index is 277. The molecule has 0 aliphatic heterocycles. The number of hydrogen-bond donors (Lipinski definition) is 0. The van der Waals surface area contributed by atoms with Crippen LogP contribution in [-0.2, 0) is 14.3 Å². The van der Waals surface area contributed by atoms with E-state index in [0.717, 1.165) is 0 Å². The largest absolute Gasteiger partial charge is 0.357 e. The number of rotatable bonds is 6. The maximum atomic E-state index is 11.7. The summed E-state index contributed by atoms with van der Waals surface area (Å²) in [6.07, 6.45) is -0.133. The van der Waals surface area contributed by atoms with Gasteiger partial charge in [0.1, 0.15) is 11.7 Å². The first-order valence-electron chi connectivity index (χ1n) is 5.13. The summed E-state index contributed by atoms with van der Waals surface area (Å²) in [5, 5.41) is 0. The van der Waals surface area contributed by atoms with Crippen LogP contribution in [0.1, 0.15) is 41.0 Å². The molecule has 3 heteroatoms. The average molecular weight is 212 g/mol. The zero-order chi connectivity index (χ0) is 12.2. The van der Waals surface area contributed by atoms with Crippen LogP contribution < -0.4 is 0 Å². The van der Waals surface area contributed by atoms with Crippen molar-refractivity contribution in [2.24, 2.45) is 0 Å². The van der Waals surface area contributed by atoms with Gasteiger partial charge in [-0.15, -0.1) is 0 Å². The summed E-state index contributed by atoms with van der Waals surface area (Å²) >= 11 is 0. The van der Waals surface area contributed by atoms with Gasteiger partial charge in [-0.25, -0.2) is 0 Å². The molecule has 0 fully saturated rings. The first-order chi connectivity index (χ1) is 6.72. The van der Waals surface area contributed by atoms with Gasteiger partial charge in [-0.2, -0.15) is 0 Å². The predicted octanol–water partition coefficient (Wildman–Crippen LogP) is 2.29. The first-order valence-corrected chi connectivity index (χ1v) is 5.13. The zero-order valence-electron chi connectivity index (χ0n) is 10.2. The lowest BCUT2D eigenvalue weighted by atomic mass is 9.98. The van der Waals surface area contributed by atoms with Gasteiger partial charge < -0.3 is 4.74 Å². The number of Topliss-reactive ketones (excluding diaryl/α,β-unsaturated/α-hetero) is 2. The molecule has 0 aromatic rings. The lowest BCUT2D eigenvalue weighted by Crippen LogP contribution is -2.40. The monoisotopic (exact) mass is 212 g/mol. The van der Waals surface area contributed by atoms with Gasteiger partial charge in [0.2, 0.25) is 0 Å². The summed E-state index contributed by atoms with van der Waals surface area (Å²) < 4.78 is 5.45. The minimum Gasteiger partial charge on any atom is -0.357 e. The highest BCUT2D eigenvalue weighted by Gasteiger charge is 2.32. The molecule has 0 aromatic carbocycles. The molecule has 3 nitrogen and oxygen atoms in total. The van der Waals surface area contributed by atoms with E-state index >= 15 is 0 Å². The standard InChI is InChI=1S/C12H20O3/c1-7-10(13)9(4)15-12(5,6)11(14)8(2)3/h9H,2,7H2,1,3-6H3. The van der Waals surface area contributed by atoms with Crippen LogP contribution in [0.5, 0.6) is 0 Å². The summed E-state index contributed by atoms with van der Waals surface area (Å²) in [6.45, 7) is 12.0. The van der Waals surface area contributed by atoms with Crippen molar-refractivity contribution in [1.29, 1.82) is 0 Å². The van der Waals surface area contributed by atoms with E-state index in [4.69, 9.17) is 4.74 Å². The van der Waals surface area contributed by atoms with Crippen LogP contribution >= 0.6 is 0 Å². The van der Waals surface area contributed by atoms with Crippen molar-refractivity contribution in [1.82, 2.24) is 0 Å². The van der Waals surface area contributed by atoms with Gasteiger partial charge in [0, 0.05) is 6.42 Å². The van der Waals surface area contributed by atoms with E-state index in [1.807, 2.05) is 0 Å². The molecule has 0 spiro atoms. The molecule has 86 valence electrons. The van der Waals surface area contributed by atoms with Crippen molar-refractivity contribution < 1.29 is 14.3 Å². The van der Waals surface area contributed by atoms with Crippen molar-refractivity contribution in [2.45, 2.75) is 52.7 Å². The summed E-state index contributed by atoms with van der Waals surface area (Å²) in [5.41, 5.74) is -0.535. The van der Waals surface area contributed by atoms with Crippen LogP contribution in [0.25, 0.3) is 0 Å². The maximum Gasteiger partial charge on any atom is 0.189 e. The molecule has 0 N–H and O–H groups in total. The van der Waals surface area contributed by atoms with Gasteiger partial charge in [-0.1, -0.05) is 13.5 Å². The van der Waals surface area contributed by atoms with Gasteiger partial charge in [-0.05, 0) is 33.3 Å². The Morgan fingerprint density at radius 1 is 1.40 bits per heavy atom. The minimum atomic E-state index is -0.976. The Kier molecular flexibility index (Phi) is 4.88. The summed E-state index contributed by atoms with van der Waals surface area (Å²) in [7, 11) is 0. The normalized spacial score (nSPS) is 13.4. The highest BCUT2D eigenvalue weighted by atomic mass is 16.5. The molecular formula is C12H20O3. The van der Waals surface area contributed by atoms with E-state index in [0.29, 0.717) is 12.0 Å². The fraction of sp³-hybridized carbons (Fsp3) is 0.667. The lowest BCUT2D eigenvalue weighted by Gasteiger charge is -2.27. The molecule has 0 rings (SSSR count). The maximum absolute atomic E-state index is 11.7. The van der Waals surface area contributed by atoms with Gasteiger partial charge in [0.25, 0.3) is 0 Å². The third-order valence-corrected chi connectivity index (χ3v) is 2.21. The number of carbonyl (C=O) groups excluding carboxylic acids is 2. The van der Waals surface area contributed by atoms with Crippen LogP contribution in [0.15, 0.2) is 12.2 Å². The minimum absolute atomic E-state index is 0.00223. The van der Waals surface area contributed by atoms with Gasteiger partial charge in [0.15, 0.2) is 11.6 Å². The molecule has 0 heterocycles. The molecular weight excluding hydrogens is 192 g/mol. The molecule has 0 aliphatic carbocycles. The Labute approximate surface area is 91.5 Å². The van der Waals surface area contributed by atoms with Gasteiger partial charge >= 0.3 is 0 Å². The average Bonchev–Trinajstić information content (AvgIpc) is 2.14. The lowest BCUT2D eigenvalue weighted by molar-refractivity contribution is -0.150. The zero-order valence-corrected chi connectivity index (χ0v) is 10.2. The van der Waals surface area contributed by atoms with E-state index in [2.05, 4.69) is 6.58 Å². The van der Waals surface area contributed by atoms with Crippen LogP contribution in [-0.4, -0.2) is 23.3 Å². The predicted molar refractivity (Wildman–Crippen MR) is 59.7 cm³/mol. The fourth-order valence-electron chi connectivity index (χ4n) is 1.36. The molecule has 0 saturated heterocycles. The van der Waals surface area contributed by atoms with Gasteiger partial charge in [0.05, 0.1) is 0 Å². The van der Waals surface area contributed by atoms with E-state index in [9.17, 15) is 9.59 Å². The van der Waals surface area contributed by atoms with Crippen LogP contribution in [0.3, 0.4) is 0 Å². The quantitative estimate of drug-likeness (QED) is 0.634. The third-order valence-electron chi connectivity index (χ3n) is 2.21. The van der Waals surface area contributed by atoms with Crippen LogP contribution in [0.4, 0.5) is 0 Å². The number of hydrogen-bond acceptors (Lipinski definition) is 3. The number of ketones is 2. The second-order valence-corrected chi connectivity index (χ2v) is 4.20. The summed E-state index contributed by atoms with van der Waals surface area (Å²) in [5.74, 6) is -0.171. The molecule has 0 radical (unpaired) electrons. The summed E-state index contributed by atoms with van der Waals surface area (Å²) in [6, 6.07) is 0. The second-order valence-electron chi connectivity index (χ2n) is 4.20. The Balaban J connectivity index is 4.57. The fourth-order valence-corrected chi connectivity index (χ4v) is 1.36. The highest BCUT2D eigenvalue weighted by Crippen LogP contribution is 2.18. The summed E-state index contributed by atoms with van der Waals surface area (Å²) in [4.78, 5) is 23.0. The number of carbonyl (C=O) groups is 2. The van der Waals surface area contributed by atoms with Crippen LogP contribution in [0.2, 0.25) is 0 Å². The molecule has 1 atom stereocenters. The van der Waals surface area contributed by atoms with E-state index in [1.165, 1.54) is 0 Å². The van der Waals surface area contributed by atoms with Crippen molar-refractivity contribution in [3.05, 3.63) is 12.2 Å². The van der Waals surface area contributed by atoms with Gasteiger partial charge in [-0.3, -0.25) is 9.59 Å². The molecule has 0 saturated carbocycles. The molecule has 0 aromatic heterocycles. The van der Waals surface area contributed by atoms with Crippen molar-refractivity contribution >= 4 is 11.6 Å². The Morgan fingerprint density at radius 2 is 1.87 bits per heavy atom.